The fourth-order valence-electron chi connectivity index (χ4n) is 3.74. The summed E-state index contributed by atoms with van der Waals surface area (Å²) in [5, 5.41) is 1.17. The summed E-state index contributed by atoms with van der Waals surface area (Å²) in [6.07, 6.45) is 9.82. The molecule has 0 aromatic carbocycles. The number of nitrogens with zero attached hydrogens (tertiary/aromatic N) is 2. The molecule has 0 spiro atoms. The lowest BCUT2D eigenvalue weighted by Gasteiger charge is -2.41. The summed E-state index contributed by atoms with van der Waals surface area (Å²) in [7, 11) is 0. The second-order valence-corrected chi connectivity index (χ2v) is 7.08. The summed E-state index contributed by atoms with van der Waals surface area (Å²) in [4.78, 5) is 5.48. The lowest BCUT2D eigenvalue weighted by Crippen LogP contribution is -2.47. The first kappa shape index (κ1) is 15.8. The Bertz CT molecular complexity index is 233. The molecule has 3 heteroatoms. The highest BCUT2D eigenvalue weighted by Gasteiger charge is 2.26. The highest BCUT2D eigenvalue weighted by atomic mass is 79.9. The summed E-state index contributed by atoms with van der Waals surface area (Å²) < 4.78 is 0. The van der Waals surface area contributed by atoms with Crippen LogP contribution in [0.1, 0.15) is 51.9 Å². The van der Waals surface area contributed by atoms with Gasteiger partial charge in [-0.2, -0.15) is 0 Å². The average molecular weight is 331 g/mol. The Morgan fingerprint density at radius 3 is 2.32 bits per heavy atom. The molecule has 2 rings (SSSR count). The van der Waals surface area contributed by atoms with Crippen LogP contribution in [-0.4, -0.2) is 53.9 Å². The Morgan fingerprint density at radius 2 is 1.74 bits per heavy atom. The van der Waals surface area contributed by atoms with Gasteiger partial charge in [0, 0.05) is 17.9 Å². The molecule has 2 saturated heterocycles. The van der Waals surface area contributed by atoms with Crippen molar-refractivity contribution in [3.05, 3.63) is 0 Å². The third kappa shape index (κ3) is 5.02. The first-order chi connectivity index (χ1) is 9.33. The van der Waals surface area contributed by atoms with E-state index in [9.17, 15) is 0 Å². The molecule has 2 heterocycles. The van der Waals surface area contributed by atoms with E-state index in [1.54, 1.807) is 0 Å². The predicted molar refractivity (Wildman–Crippen MR) is 87.1 cm³/mol. The number of hydrogen-bond donors (Lipinski definition) is 0. The van der Waals surface area contributed by atoms with Crippen molar-refractivity contribution in [2.24, 2.45) is 5.92 Å². The normalized spacial score (nSPS) is 25.6. The molecule has 1 atom stereocenters. The number of alkyl halides is 1. The lowest BCUT2D eigenvalue weighted by atomic mass is 9.98. The van der Waals surface area contributed by atoms with Gasteiger partial charge in [0.1, 0.15) is 0 Å². The van der Waals surface area contributed by atoms with Gasteiger partial charge in [-0.1, -0.05) is 35.7 Å². The third-order valence-corrected chi connectivity index (χ3v) is 5.81. The summed E-state index contributed by atoms with van der Waals surface area (Å²) in [5.74, 6) is 0.858. The molecule has 2 fully saturated rings. The molecule has 0 aromatic heterocycles. The van der Waals surface area contributed by atoms with E-state index in [2.05, 4.69) is 32.7 Å². The number of halogens is 1. The van der Waals surface area contributed by atoms with E-state index in [0.717, 1.165) is 12.0 Å². The maximum Gasteiger partial charge on any atom is 0.0120 e. The van der Waals surface area contributed by atoms with Crippen LogP contribution in [0, 0.1) is 5.92 Å². The Morgan fingerprint density at radius 1 is 1.05 bits per heavy atom. The summed E-state index contributed by atoms with van der Waals surface area (Å²) in [6, 6.07) is 0.894. The SMILES string of the molecule is CCCC(CBr)CN1CCC(N2CCCCC2)CC1. The fraction of sp³-hybridized carbons (Fsp3) is 1.00. The van der Waals surface area contributed by atoms with Crippen LogP contribution < -0.4 is 0 Å². The van der Waals surface area contributed by atoms with E-state index in [1.807, 2.05) is 0 Å². The zero-order valence-corrected chi connectivity index (χ0v) is 14.2. The van der Waals surface area contributed by atoms with Crippen LogP contribution in [0.4, 0.5) is 0 Å². The van der Waals surface area contributed by atoms with Gasteiger partial charge in [-0.3, -0.25) is 0 Å². The van der Waals surface area contributed by atoms with Gasteiger partial charge in [0.05, 0.1) is 0 Å². The summed E-state index contributed by atoms with van der Waals surface area (Å²) in [6.45, 7) is 9.00. The Labute approximate surface area is 128 Å². The maximum atomic E-state index is 3.68. The molecule has 19 heavy (non-hydrogen) atoms. The average Bonchev–Trinajstić information content (AvgIpc) is 2.48. The molecule has 0 aliphatic carbocycles. The largest absolute Gasteiger partial charge is 0.303 e. The van der Waals surface area contributed by atoms with Crippen LogP contribution in [0.15, 0.2) is 0 Å². The van der Waals surface area contributed by atoms with Crippen molar-refractivity contribution in [2.75, 3.05) is 38.1 Å². The lowest BCUT2D eigenvalue weighted by molar-refractivity contribution is 0.0862. The minimum atomic E-state index is 0.858. The number of hydrogen-bond acceptors (Lipinski definition) is 2. The molecule has 0 radical (unpaired) electrons. The molecular weight excluding hydrogens is 300 g/mol. The molecule has 0 N–H and O–H groups in total. The summed E-state index contributed by atoms with van der Waals surface area (Å²) >= 11 is 3.68. The van der Waals surface area contributed by atoms with E-state index in [4.69, 9.17) is 0 Å². The second-order valence-electron chi connectivity index (χ2n) is 6.44. The molecule has 0 bridgehead atoms. The number of likely N-dealkylation sites (tertiary alicyclic amines) is 2. The fourth-order valence-corrected chi connectivity index (χ4v) is 4.27. The van der Waals surface area contributed by atoms with E-state index in [0.29, 0.717) is 0 Å². The predicted octanol–water partition coefficient (Wildman–Crippen LogP) is 3.75. The topological polar surface area (TPSA) is 6.48 Å². The van der Waals surface area contributed by atoms with E-state index in [-0.39, 0.29) is 0 Å². The van der Waals surface area contributed by atoms with Gasteiger partial charge in [0.2, 0.25) is 0 Å². The molecule has 112 valence electrons. The van der Waals surface area contributed by atoms with Crippen LogP contribution in [0.2, 0.25) is 0 Å². The van der Waals surface area contributed by atoms with Gasteiger partial charge in [-0.15, -0.1) is 0 Å². The first-order valence-electron chi connectivity index (χ1n) is 8.35. The third-order valence-electron chi connectivity index (χ3n) is 4.90. The van der Waals surface area contributed by atoms with Gasteiger partial charge in [-0.25, -0.2) is 0 Å². The first-order valence-corrected chi connectivity index (χ1v) is 9.48. The van der Waals surface area contributed by atoms with Gasteiger partial charge in [0.15, 0.2) is 0 Å². The van der Waals surface area contributed by atoms with Gasteiger partial charge in [-0.05, 0) is 64.2 Å². The number of rotatable bonds is 6. The molecule has 2 aliphatic rings. The van der Waals surface area contributed by atoms with Crippen molar-refractivity contribution in [3.8, 4) is 0 Å². The van der Waals surface area contributed by atoms with Crippen LogP contribution in [0.5, 0.6) is 0 Å². The number of piperidine rings is 2. The zero-order valence-electron chi connectivity index (χ0n) is 12.6. The Hall–Kier alpha value is 0.400. The van der Waals surface area contributed by atoms with E-state index < -0.39 is 0 Å². The summed E-state index contributed by atoms with van der Waals surface area (Å²) in [5.41, 5.74) is 0. The van der Waals surface area contributed by atoms with Gasteiger partial charge >= 0.3 is 0 Å². The highest BCUT2D eigenvalue weighted by Crippen LogP contribution is 2.22. The van der Waals surface area contributed by atoms with Gasteiger partial charge < -0.3 is 9.80 Å². The van der Waals surface area contributed by atoms with Crippen molar-refractivity contribution < 1.29 is 0 Å². The van der Waals surface area contributed by atoms with E-state index >= 15 is 0 Å². The van der Waals surface area contributed by atoms with Crippen molar-refractivity contribution >= 4 is 15.9 Å². The van der Waals surface area contributed by atoms with Crippen LogP contribution >= 0.6 is 15.9 Å². The highest BCUT2D eigenvalue weighted by molar-refractivity contribution is 9.09. The minimum Gasteiger partial charge on any atom is -0.303 e. The smallest absolute Gasteiger partial charge is 0.0120 e. The molecule has 1 unspecified atom stereocenters. The van der Waals surface area contributed by atoms with Gasteiger partial charge in [0.25, 0.3) is 0 Å². The van der Waals surface area contributed by atoms with Crippen molar-refractivity contribution in [1.82, 2.24) is 9.80 Å². The van der Waals surface area contributed by atoms with Crippen LogP contribution in [0.25, 0.3) is 0 Å². The molecule has 0 aromatic rings. The molecule has 2 aliphatic heterocycles. The van der Waals surface area contributed by atoms with Crippen molar-refractivity contribution in [1.29, 1.82) is 0 Å². The molecular formula is C16H31BrN2. The van der Waals surface area contributed by atoms with Crippen molar-refractivity contribution in [3.63, 3.8) is 0 Å². The van der Waals surface area contributed by atoms with E-state index in [1.165, 1.54) is 83.0 Å². The second kappa shape index (κ2) is 8.63. The van der Waals surface area contributed by atoms with Crippen molar-refractivity contribution in [2.45, 2.75) is 57.9 Å². The quantitative estimate of drug-likeness (QED) is 0.684. The monoisotopic (exact) mass is 330 g/mol. The molecule has 0 saturated carbocycles. The Balaban J connectivity index is 1.69. The standard InChI is InChI=1S/C16H31BrN2/c1-2-6-15(13-17)14-18-11-7-16(8-12-18)19-9-4-3-5-10-19/h15-16H,2-14H2,1H3. The zero-order chi connectivity index (χ0) is 13.5. The Kier molecular flexibility index (Phi) is 7.17. The maximum absolute atomic E-state index is 3.68. The van der Waals surface area contributed by atoms with Crippen LogP contribution in [-0.2, 0) is 0 Å². The minimum absolute atomic E-state index is 0.858. The van der Waals surface area contributed by atoms with Crippen LogP contribution in [0.3, 0.4) is 0 Å². The molecule has 0 amide bonds. The molecule has 2 nitrogen and oxygen atoms in total.